The zero-order chi connectivity index (χ0) is 17.6. The van der Waals surface area contributed by atoms with Gasteiger partial charge in [-0.1, -0.05) is 48.0 Å². The molecule has 3 aromatic rings. The molecule has 0 radical (unpaired) electrons. The summed E-state index contributed by atoms with van der Waals surface area (Å²) in [5, 5.41) is 0. The van der Waals surface area contributed by atoms with E-state index >= 15 is 0 Å². The second kappa shape index (κ2) is 8.05. The first-order chi connectivity index (χ1) is 12.1. The van der Waals surface area contributed by atoms with Gasteiger partial charge < -0.3 is 4.42 Å². The van der Waals surface area contributed by atoms with Crippen LogP contribution in [-0.2, 0) is 11.0 Å². The summed E-state index contributed by atoms with van der Waals surface area (Å²) in [7, 11) is -1.44. The number of Topliss-reactive ketones (excluding diaryl/α,β-unsaturated/α-hetero) is 1. The predicted molar refractivity (Wildman–Crippen MR) is 97.6 cm³/mol. The van der Waals surface area contributed by atoms with Gasteiger partial charge >= 0.3 is 0 Å². The molecule has 1 heterocycles. The number of rotatable bonds is 7. The number of benzene rings is 2. The Balaban J connectivity index is 1.77. The molecule has 2 atom stereocenters. The van der Waals surface area contributed by atoms with Gasteiger partial charge in [0.15, 0.2) is 5.78 Å². The lowest BCUT2D eigenvalue weighted by Crippen LogP contribution is -2.26. The molecule has 1 N–H and O–H groups in total. The van der Waals surface area contributed by atoms with Gasteiger partial charge in [-0.3, -0.25) is 4.79 Å². The van der Waals surface area contributed by atoms with Crippen LogP contribution >= 0.6 is 0 Å². The van der Waals surface area contributed by atoms with Crippen LogP contribution in [0.3, 0.4) is 0 Å². The van der Waals surface area contributed by atoms with Gasteiger partial charge in [0.25, 0.3) is 0 Å². The number of ketones is 1. The van der Waals surface area contributed by atoms with Crippen LogP contribution in [0.15, 0.2) is 82.3 Å². The van der Waals surface area contributed by atoms with Crippen LogP contribution in [-0.4, -0.2) is 9.99 Å². The van der Waals surface area contributed by atoms with Crippen LogP contribution in [0.1, 0.15) is 34.1 Å². The summed E-state index contributed by atoms with van der Waals surface area (Å²) in [6.07, 6.45) is 1.71. The molecule has 0 unspecified atom stereocenters. The van der Waals surface area contributed by atoms with Crippen molar-refractivity contribution in [1.82, 2.24) is 4.72 Å². The average Bonchev–Trinajstić information content (AvgIpc) is 3.17. The number of hydrogen-bond donors (Lipinski definition) is 1. The Morgan fingerprint density at radius 1 is 1.04 bits per heavy atom. The third-order valence-corrected chi connectivity index (χ3v) is 5.06. The smallest absolute Gasteiger partial charge is 0.164 e. The number of carbonyl (C=O) groups is 1. The molecule has 0 aliphatic rings. The summed E-state index contributed by atoms with van der Waals surface area (Å²) in [5.74, 6) is 0.556. The molecule has 0 bridgehead atoms. The molecular weight excluding hydrogens is 334 g/mol. The number of aryl methyl sites for hydroxylation is 1. The molecule has 0 saturated heterocycles. The van der Waals surface area contributed by atoms with Crippen molar-refractivity contribution in [1.29, 1.82) is 0 Å². The number of hydrogen-bond acceptors (Lipinski definition) is 3. The largest absolute Gasteiger partial charge is 0.468 e. The highest BCUT2D eigenvalue weighted by atomic mass is 32.2. The molecule has 3 rings (SSSR count). The molecule has 0 aliphatic heterocycles. The van der Waals surface area contributed by atoms with Gasteiger partial charge in [0.2, 0.25) is 0 Å². The Labute approximate surface area is 149 Å². The molecule has 0 fully saturated rings. The van der Waals surface area contributed by atoms with E-state index in [1.54, 1.807) is 30.5 Å². The van der Waals surface area contributed by atoms with E-state index in [-0.39, 0.29) is 12.2 Å². The molecule has 4 nitrogen and oxygen atoms in total. The zero-order valence-electron chi connectivity index (χ0n) is 13.8. The SMILES string of the molecule is Cc1ccc([S@](=O)N[C@H](CC(=O)c2ccccc2)c2ccco2)cc1. The van der Waals surface area contributed by atoms with Crippen LogP contribution in [0.5, 0.6) is 0 Å². The quantitative estimate of drug-likeness (QED) is 0.647. The maximum absolute atomic E-state index is 12.6. The zero-order valence-corrected chi connectivity index (χ0v) is 14.7. The third kappa shape index (κ3) is 4.53. The number of furan rings is 1. The highest BCUT2D eigenvalue weighted by Crippen LogP contribution is 2.22. The predicted octanol–water partition coefficient (Wildman–Crippen LogP) is 4.21. The van der Waals surface area contributed by atoms with Crippen molar-refractivity contribution in [3.8, 4) is 0 Å². The van der Waals surface area contributed by atoms with Crippen LogP contribution in [0, 0.1) is 6.92 Å². The van der Waals surface area contributed by atoms with Crippen LogP contribution in [0.2, 0.25) is 0 Å². The highest BCUT2D eigenvalue weighted by Gasteiger charge is 2.22. The summed E-state index contributed by atoms with van der Waals surface area (Å²) >= 11 is 0. The molecular formula is C20H19NO3S. The molecule has 0 spiro atoms. The second-order valence-electron chi connectivity index (χ2n) is 5.76. The Kier molecular flexibility index (Phi) is 5.58. The van der Waals surface area contributed by atoms with Gasteiger partial charge in [0.1, 0.15) is 16.7 Å². The van der Waals surface area contributed by atoms with E-state index in [1.165, 1.54) is 0 Å². The van der Waals surface area contributed by atoms with E-state index in [2.05, 4.69) is 4.72 Å². The monoisotopic (exact) mass is 353 g/mol. The summed E-state index contributed by atoms with van der Waals surface area (Å²) in [4.78, 5) is 13.2. The minimum absolute atomic E-state index is 0.0320. The van der Waals surface area contributed by atoms with Crippen molar-refractivity contribution in [2.24, 2.45) is 0 Å². The van der Waals surface area contributed by atoms with E-state index in [9.17, 15) is 9.00 Å². The fourth-order valence-corrected chi connectivity index (χ4v) is 3.45. The topological polar surface area (TPSA) is 59.3 Å². The normalized spacial score (nSPS) is 13.3. The van der Waals surface area contributed by atoms with Gasteiger partial charge in [-0.25, -0.2) is 8.93 Å². The fourth-order valence-electron chi connectivity index (χ4n) is 2.48. The first-order valence-electron chi connectivity index (χ1n) is 8.00. The molecule has 128 valence electrons. The molecule has 0 saturated carbocycles. The Bertz CT molecular complexity index is 842. The van der Waals surface area contributed by atoms with E-state index < -0.39 is 17.0 Å². The molecule has 25 heavy (non-hydrogen) atoms. The van der Waals surface area contributed by atoms with E-state index in [0.717, 1.165) is 5.56 Å². The van der Waals surface area contributed by atoms with E-state index in [1.807, 2.05) is 49.4 Å². The summed E-state index contributed by atoms with van der Waals surface area (Å²) in [5.41, 5.74) is 1.73. The van der Waals surface area contributed by atoms with Gasteiger partial charge in [-0.2, -0.15) is 0 Å². The van der Waals surface area contributed by atoms with Gasteiger partial charge in [0, 0.05) is 12.0 Å². The van der Waals surface area contributed by atoms with Crippen LogP contribution in [0.25, 0.3) is 0 Å². The third-order valence-electron chi connectivity index (χ3n) is 3.86. The van der Waals surface area contributed by atoms with Crippen molar-refractivity contribution in [2.45, 2.75) is 24.3 Å². The van der Waals surface area contributed by atoms with E-state index in [4.69, 9.17) is 4.42 Å². The lowest BCUT2D eigenvalue weighted by Gasteiger charge is -2.15. The lowest BCUT2D eigenvalue weighted by molar-refractivity contribution is 0.0969. The van der Waals surface area contributed by atoms with Crippen molar-refractivity contribution in [3.63, 3.8) is 0 Å². The van der Waals surface area contributed by atoms with Crippen LogP contribution < -0.4 is 4.72 Å². The number of carbonyl (C=O) groups excluding carboxylic acids is 1. The minimum atomic E-state index is -1.44. The average molecular weight is 353 g/mol. The van der Waals surface area contributed by atoms with Gasteiger partial charge in [-0.05, 0) is 31.2 Å². The van der Waals surface area contributed by atoms with Gasteiger partial charge in [0.05, 0.1) is 17.2 Å². The Morgan fingerprint density at radius 2 is 1.76 bits per heavy atom. The first-order valence-corrected chi connectivity index (χ1v) is 9.15. The molecule has 0 aliphatic carbocycles. The van der Waals surface area contributed by atoms with Crippen molar-refractivity contribution in [3.05, 3.63) is 89.9 Å². The minimum Gasteiger partial charge on any atom is -0.468 e. The number of nitrogens with one attached hydrogen (secondary N) is 1. The summed E-state index contributed by atoms with van der Waals surface area (Å²) in [6, 6.07) is 19.6. The van der Waals surface area contributed by atoms with Crippen LogP contribution in [0.4, 0.5) is 0 Å². The van der Waals surface area contributed by atoms with Crippen molar-refractivity contribution >= 4 is 16.8 Å². The van der Waals surface area contributed by atoms with Gasteiger partial charge in [-0.15, -0.1) is 0 Å². The first kappa shape index (κ1) is 17.3. The maximum Gasteiger partial charge on any atom is 0.164 e. The fraction of sp³-hybridized carbons (Fsp3) is 0.150. The lowest BCUT2D eigenvalue weighted by atomic mass is 10.0. The van der Waals surface area contributed by atoms with Crippen molar-refractivity contribution in [2.75, 3.05) is 0 Å². The Morgan fingerprint density at radius 3 is 2.40 bits per heavy atom. The van der Waals surface area contributed by atoms with E-state index in [0.29, 0.717) is 16.2 Å². The molecule has 0 amide bonds. The molecule has 2 aromatic carbocycles. The maximum atomic E-state index is 12.6. The highest BCUT2D eigenvalue weighted by molar-refractivity contribution is 7.83. The molecule has 5 heteroatoms. The van der Waals surface area contributed by atoms with Crippen molar-refractivity contribution < 1.29 is 13.4 Å². The summed E-state index contributed by atoms with van der Waals surface area (Å²) in [6.45, 7) is 1.98. The molecule has 1 aromatic heterocycles. The summed E-state index contributed by atoms with van der Waals surface area (Å²) < 4.78 is 21.1. The second-order valence-corrected chi connectivity index (χ2v) is 7.01. The Hall–Kier alpha value is -2.50. The standard InChI is InChI=1S/C20H19NO3S/c1-15-9-11-17(12-10-15)25(23)21-18(20-8-5-13-24-20)14-19(22)16-6-3-2-4-7-16/h2-13,18,21H,14H2,1H3/t18-,25+/m1/s1.